The molecule has 146 valence electrons. The maximum absolute atomic E-state index is 4.80. The van der Waals surface area contributed by atoms with Crippen molar-refractivity contribution in [3.63, 3.8) is 0 Å². The van der Waals surface area contributed by atoms with Crippen molar-refractivity contribution < 1.29 is 0 Å². The fourth-order valence-electron chi connectivity index (χ4n) is 3.36. The Kier molecular flexibility index (Phi) is 7.68. The van der Waals surface area contributed by atoms with E-state index in [-0.39, 0.29) is 0 Å². The highest BCUT2D eigenvalue weighted by atomic mass is 14.9. The topological polar surface area (TPSA) is 50.7 Å². The zero-order valence-corrected chi connectivity index (χ0v) is 16.9. The number of rotatable bonds is 10. The SMILES string of the molecule is CCCc1ccnc(CC(CC)NCc2cccc(Cc3ccccn3)n2)c1. The maximum Gasteiger partial charge on any atom is 0.0545 e. The van der Waals surface area contributed by atoms with Gasteiger partial charge >= 0.3 is 0 Å². The van der Waals surface area contributed by atoms with Gasteiger partial charge in [0, 0.05) is 54.9 Å². The minimum Gasteiger partial charge on any atom is -0.308 e. The Balaban J connectivity index is 1.57. The standard InChI is InChI=1S/C24H30N4/c1-3-8-19-12-14-26-24(15-19)16-20(4-2)27-18-23-11-7-10-22(28-23)17-21-9-5-6-13-25-21/h5-7,9-15,20,27H,3-4,8,16-18H2,1-2H3. The monoisotopic (exact) mass is 374 g/mol. The molecule has 3 rings (SSSR count). The molecule has 1 N–H and O–H groups in total. The Morgan fingerprint density at radius 3 is 2.46 bits per heavy atom. The molecule has 28 heavy (non-hydrogen) atoms. The van der Waals surface area contributed by atoms with Crippen LogP contribution in [0.1, 0.15) is 55.0 Å². The molecule has 0 spiro atoms. The van der Waals surface area contributed by atoms with E-state index < -0.39 is 0 Å². The van der Waals surface area contributed by atoms with Crippen LogP contribution in [0.3, 0.4) is 0 Å². The molecule has 4 nitrogen and oxygen atoms in total. The summed E-state index contributed by atoms with van der Waals surface area (Å²) in [6.45, 7) is 5.20. The van der Waals surface area contributed by atoms with Crippen molar-refractivity contribution in [1.82, 2.24) is 20.3 Å². The summed E-state index contributed by atoms with van der Waals surface area (Å²) in [6, 6.07) is 17.0. The highest BCUT2D eigenvalue weighted by molar-refractivity contribution is 5.19. The van der Waals surface area contributed by atoms with Gasteiger partial charge in [-0.25, -0.2) is 0 Å². The number of aryl methyl sites for hydroxylation is 1. The van der Waals surface area contributed by atoms with Gasteiger partial charge in [0.2, 0.25) is 0 Å². The first-order valence-electron chi connectivity index (χ1n) is 10.3. The van der Waals surface area contributed by atoms with Crippen molar-refractivity contribution in [3.05, 3.63) is 89.3 Å². The molecule has 0 aromatic carbocycles. The fraction of sp³-hybridized carbons (Fsp3) is 0.375. The van der Waals surface area contributed by atoms with E-state index in [0.29, 0.717) is 6.04 Å². The molecular weight excluding hydrogens is 344 g/mol. The molecule has 0 bridgehead atoms. The van der Waals surface area contributed by atoms with Gasteiger partial charge in [0.25, 0.3) is 0 Å². The largest absolute Gasteiger partial charge is 0.308 e. The van der Waals surface area contributed by atoms with Crippen LogP contribution < -0.4 is 5.32 Å². The lowest BCUT2D eigenvalue weighted by Gasteiger charge is -2.17. The Hall–Kier alpha value is -2.59. The third-order valence-electron chi connectivity index (χ3n) is 4.89. The van der Waals surface area contributed by atoms with Crippen molar-refractivity contribution in [2.45, 2.75) is 58.5 Å². The molecule has 0 saturated heterocycles. The summed E-state index contributed by atoms with van der Waals surface area (Å²) in [5, 5.41) is 3.66. The lowest BCUT2D eigenvalue weighted by atomic mass is 10.0. The molecule has 0 radical (unpaired) electrons. The van der Waals surface area contributed by atoms with E-state index in [0.717, 1.165) is 49.3 Å². The van der Waals surface area contributed by atoms with Gasteiger partial charge in [0.05, 0.1) is 5.69 Å². The van der Waals surface area contributed by atoms with Crippen LogP contribution in [-0.2, 0) is 25.8 Å². The number of hydrogen-bond acceptors (Lipinski definition) is 4. The van der Waals surface area contributed by atoms with Crippen LogP contribution in [0.5, 0.6) is 0 Å². The minimum absolute atomic E-state index is 0.394. The second-order valence-corrected chi connectivity index (χ2v) is 7.21. The van der Waals surface area contributed by atoms with Gasteiger partial charge < -0.3 is 5.32 Å². The Bertz CT molecular complexity index is 848. The zero-order valence-electron chi connectivity index (χ0n) is 16.9. The third-order valence-corrected chi connectivity index (χ3v) is 4.89. The first-order chi connectivity index (χ1) is 13.8. The van der Waals surface area contributed by atoms with Crippen LogP contribution in [0.15, 0.2) is 60.9 Å². The van der Waals surface area contributed by atoms with Crippen LogP contribution in [-0.4, -0.2) is 21.0 Å². The average molecular weight is 375 g/mol. The smallest absolute Gasteiger partial charge is 0.0545 e. The fourth-order valence-corrected chi connectivity index (χ4v) is 3.36. The molecule has 3 aromatic heterocycles. The van der Waals surface area contributed by atoms with Gasteiger partial charge in [-0.05, 0) is 54.8 Å². The summed E-state index contributed by atoms with van der Waals surface area (Å²) in [6.07, 6.45) is 8.83. The highest BCUT2D eigenvalue weighted by Crippen LogP contribution is 2.10. The van der Waals surface area contributed by atoms with Crippen molar-refractivity contribution >= 4 is 0 Å². The van der Waals surface area contributed by atoms with Crippen LogP contribution in [0.2, 0.25) is 0 Å². The Morgan fingerprint density at radius 1 is 0.857 bits per heavy atom. The quantitative estimate of drug-likeness (QED) is 0.567. The molecule has 4 heteroatoms. The van der Waals surface area contributed by atoms with Gasteiger partial charge in [0.1, 0.15) is 0 Å². The van der Waals surface area contributed by atoms with E-state index in [1.54, 1.807) is 0 Å². The van der Waals surface area contributed by atoms with Crippen molar-refractivity contribution in [3.8, 4) is 0 Å². The second kappa shape index (κ2) is 10.7. The first kappa shape index (κ1) is 20.2. The highest BCUT2D eigenvalue weighted by Gasteiger charge is 2.09. The molecular formula is C24H30N4. The van der Waals surface area contributed by atoms with Gasteiger partial charge in [0.15, 0.2) is 0 Å². The maximum atomic E-state index is 4.80. The zero-order chi connectivity index (χ0) is 19.6. The first-order valence-corrected chi connectivity index (χ1v) is 10.3. The minimum atomic E-state index is 0.394. The lowest BCUT2D eigenvalue weighted by molar-refractivity contribution is 0.485. The summed E-state index contributed by atoms with van der Waals surface area (Å²) in [4.78, 5) is 13.8. The second-order valence-electron chi connectivity index (χ2n) is 7.21. The summed E-state index contributed by atoms with van der Waals surface area (Å²) in [5.74, 6) is 0. The number of aromatic nitrogens is 3. The molecule has 1 atom stereocenters. The number of hydrogen-bond donors (Lipinski definition) is 1. The van der Waals surface area contributed by atoms with Crippen molar-refractivity contribution in [2.24, 2.45) is 0 Å². The van der Waals surface area contributed by atoms with E-state index in [9.17, 15) is 0 Å². The van der Waals surface area contributed by atoms with E-state index >= 15 is 0 Å². The predicted octanol–water partition coefficient (Wildman–Crippen LogP) is 4.53. The number of pyridine rings is 3. The molecule has 3 aromatic rings. The Morgan fingerprint density at radius 2 is 1.68 bits per heavy atom. The molecule has 0 aliphatic heterocycles. The average Bonchev–Trinajstić information content (AvgIpc) is 2.73. The Labute approximate surface area is 168 Å². The molecule has 0 aliphatic carbocycles. The molecule has 0 saturated carbocycles. The molecule has 0 fully saturated rings. The molecule has 0 aliphatic rings. The van der Waals surface area contributed by atoms with Crippen LogP contribution in [0, 0.1) is 0 Å². The van der Waals surface area contributed by atoms with Gasteiger partial charge in [-0.2, -0.15) is 0 Å². The van der Waals surface area contributed by atoms with Crippen LogP contribution >= 0.6 is 0 Å². The normalized spacial score (nSPS) is 12.1. The molecule has 3 heterocycles. The van der Waals surface area contributed by atoms with E-state index in [2.05, 4.69) is 59.5 Å². The van der Waals surface area contributed by atoms with E-state index in [1.807, 2.05) is 30.6 Å². The molecule has 1 unspecified atom stereocenters. The van der Waals surface area contributed by atoms with Crippen LogP contribution in [0.4, 0.5) is 0 Å². The summed E-state index contributed by atoms with van der Waals surface area (Å²) in [5.41, 5.74) is 5.72. The van der Waals surface area contributed by atoms with Gasteiger partial charge in [-0.3, -0.25) is 15.0 Å². The van der Waals surface area contributed by atoms with Crippen molar-refractivity contribution in [2.75, 3.05) is 0 Å². The van der Waals surface area contributed by atoms with E-state index in [1.165, 1.54) is 17.7 Å². The molecule has 0 amide bonds. The summed E-state index contributed by atoms with van der Waals surface area (Å²) >= 11 is 0. The van der Waals surface area contributed by atoms with Gasteiger partial charge in [-0.1, -0.05) is 32.4 Å². The number of nitrogens with zero attached hydrogens (tertiary/aromatic N) is 3. The van der Waals surface area contributed by atoms with Crippen molar-refractivity contribution in [1.29, 1.82) is 0 Å². The summed E-state index contributed by atoms with van der Waals surface area (Å²) in [7, 11) is 0. The predicted molar refractivity (Wildman–Crippen MR) is 114 cm³/mol. The van der Waals surface area contributed by atoms with Crippen LogP contribution in [0.25, 0.3) is 0 Å². The van der Waals surface area contributed by atoms with Gasteiger partial charge in [-0.15, -0.1) is 0 Å². The third kappa shape index (κ3) is 6.24. The number of nitrogens with one attached hydrogen (secondary N) is 1. The lowest BCUT2D eigenvalue weighted by Crippen LogP contribution is -2.30. The van der Waals surface area contributed by atoms with E-state index in [4.69, 9.17) is 4.98 Å². The summed E-state index contributed by atoms with van der Waals surface area (Å²) < 4.78 is 0.